The van der Waals surface area contributed by atoms with Crippen LogP contribution in [0.5, 0.6) is 0 Å². The molecule has 0 saturated heterocycles. The van der Waals surface area contributed by atoms with Gasteiger partial charge in [-0.05, 0) is 44.4 Å². The van der Waals surface area contributed by atoms with Crippen molar-refractivity contribution in [3.05, 3.63) is 57.6 Å². The SMILES string of the molecule is Cc1cc(C(C)N2Cc3c(ccnc3Cl)C2=O)cnc1CCC(C)(F)F. The number of hydrogen-bond acceptors (Lipinski definition) is 3. The zero-order valence-electron chi connectivity index (χ0n) is 14.9. The molecule has 0 fully saturated rings. The van der Waals surface area contributed by atoms with Gasteiger partial charge in [0.1, 0.15) is 5.15 Å². The van der Waals surface area contributed by atoms with E-state index in [0.29, 0.717) is 23.0 Å². The molecule has 1 unspecified atom stereocenters. The summed E-state index contributed by atoms with van der Waals surface area (Å²) in [5, 5.41) is 0.343. The van der Waals surface area contributed by atoms with Crippen LogP contribution in [0.25, 0.3) is 0 Å². The van der Waals surface area contributed by atoms with Gasteiger partial charge in [-0.25, -0.2) is 13.8 Å². The summed E-state index contributed by atoms with van der Waals surface area (Å²) in [6.07, 6.45) is 3.18. The first-order valence-corrected chi connectivity index (χ1v) is 8.83. The Morgan fingerprint density at radius 2 is 2.12 bits per heavy atom. The number of nitrogens with zero attached hydrogens (tertiary/aromatic N) is 3. The van der Waals surface area contributed by atoms with Crippen LogP contribution < -0.4 is 0 Å². The van der Waals surface area contributed by atoms with Crippen LogP contribution in [0.2, 0.25) is 5.15 Å². The molecular weight excluding hydrogens is 360 g/mol. The van der Waals surface area contributed by atoms with Gasteiger partial charge >= 0.3 is 0 Å². The van der Waals surface area contributed by atoms with Crippen molar-refractivity contribution in [2.24, 2.45) is 0 Å². The van der Waals surface area contributed by atoms with Gasteiger partial charge in [-0.1, -0.05) is 17.7 Å². The maximum absolute atomic E-state index is 13.1. The van der Waals surface area contributed by atoms with E-state index in [9.17, 15) is 13.6 Å². The molecule has 2 aromatic rings. The Bertz CT molecular complexity index is 851. The van der Waals surface area contributed by atoms with E-state index in [4.69, 9.17) is 11.6 Å². The van der Waals surface area contributed by atoms with Crippen molar-refractivity contribution in [1.29, 1.82) is 0 Å². The van der Waals surface area contributed by atoms with E-state index in [1.807, 2.05) is 19.9 Å². The molecule has 4 nitrogen and oxygen atoms in total. The highest BCUT2D eigenvalue weighted by Crippen LogP contribution is 2.34. The molecule has 7 heteroatoms. The van der Waals surface area contributed by atoms with Gasteiger partial charge in [-0.2, -0.15) is 0 Å². The van der Waals surface area contributed by atoms with Crippen LogP contribution in [0, 0.1) is 6.92 Å². The Balaban J connectivity index is 1.79. The molecule has 26 heavy (non-hydrogen) atoms. The number of pyridine rings is 2. The standard InChI is InChI=1S/C19H20ClF2N3O/c1-11-8-13(9-24-16(11)4-6-19(3,21)22)12(2)25-10-15-14(18(25)26)5-7-23-17(15)20/h5,7-9,12H,4,6,10H2,1-3H3. The Labute approximate surface area is 156 Å². The number of aryl methyl sites for hydroxylation is 2. The quantitative estimate of drug-likeness (QED) is 0.705. The third-order valence-electron chi connectivity index (χ3n) is 4.78. The summed E-state index contributed by atoms with van der Waals surface area (Å²) in [6.45, 7) is 5.08. The molecule has 0 radical (unpaired) electrons. The molecule has 138 valence electrons. The molecule has 1 amide bonds. The van der Waals surface area contributed by atoms with E-state index < -0.39 is 5.92 Å². The lowest BCUT2D eigenvalue weighted by Gasteiger charge is -2.25. The van der Waals surface area contributed by atoms with Gasteiger partial charge in [0.05, 0.1) is 12.6 Å². The molecule has 3 rings (SSSR count). The predicted octanol–water partition coefficient (Wildman–Crippen LogP) is 4.74. The Kier molecular flexibility index (Phi) is 4.97. The van der Waals surface area contributed by atoms with Crippen molar-refractivity contribution < 1.29 is 13.6 Å². The van der Waals surface area contributed by atoms with Gasteiger partial charge in [0.15, 0.2) is 0 Å². The molecule has 2 aromatic heterocycles. The second-order valence-corrected chi connectivity index (χ2v) is 7.20. The van der Waals surface area contributed by atoms with Gasteiger partial charge < -0.3 is 4.90 Å². The summed E-state index contributed by atoms with van der Waals surface area (Å²) in [7, 11) is 0. The first kappa shape index (κ1) is 18.7. The summed E-state index contributed by atoms with van der Waals surface area (Å²) in [6, 6.07) is 3.38. The van der Waals surface area contributed by atoms with Crippen LogP contribution in [0.3, 0.4) is 0 Å². The zero-order chi connectivity index (χ0) is 19.1. The van der Waals surface area contributed by atoms with E-state index in [0.717, 1.165) is 23.6 Å². The van der Waals surface area contributed by atoms with Crippen LogP contribution in [0.15, 0.2) is 24.5 Å². The topological polar surface area (TPSA) is 46.1 Å². The second kappa shape index (κ2) is 6.91. The minimum atomic E-state index is -2.71. The normalized spacial score (nSPS) is 15.3. The molecule has 1 atom stereocenters. The molecule has 0 aliphatic carbocycles. The van der Waals surface area contributed by atoms with Crippen LogP contribution >= 0.6 is 11.6 Å². The van der Waals surface area contributed by atoms with Gasteiger partial charge in [0, 0.05) is 35.6 Å². The highest BCUT2D eigenvalue weighted by molar-refractivity contribution is 6.30. The summed E-state index contributed by atoms with van der Waals surface area (Å²) < 4.78 is 26.1. The van der Waals surface area contributed by atoms with Gasteiger partial charge in [-0.3, -0.25) is 9.78 Å². The molecular formula is C19H20ClF2N3O. The van der Waals surface area contributed by atoms with E-state index in [1.165, 1.54) is 6.20 Å². The lowest BCUT2D eigenvalue weighted by molar-refractivity contribution is 0.0130. The third-order valence-corrected chi connectivity index (χ3v) is 5.11. The van der Waals surface area contributed by atoms with Crippen molar-refractivity contribution in [3.63, 3.8) is 0 Å². The fourth-order valence-corrected chi connectivity index (χ4v) is 3.38. The first-order valence-electron chi connectivity index (χ1n) is 8.45. The van der Waals surface area contributed by atoms with Crippen LogP contribution in [0.1, 0.15) is 59.1 Å². The molecule has 1 aliphatic rings. The number of carbonyl (C=O) groups is 1. The summed E-state index contributed by atoms with van der Waals surface area (Å²) in [5.41, 5.74) is 3.67. The van der Waals surface area contributed by atoms with Crippen molar-refractivity contribution in [1.82, 2.24) is 14.9 Å². The average Bonchev–Trinajstić information content (AvgIpc) is 2.91. The number of carbonyl (C=O) groups excluding carboxylic acids is 1. The number of rotatable bonds is 5. The summed E-state index contributed by atoms with van der Waals surface area (Å²) in [5.74, 6) is -2.80. The summed E-state index contributed by atoms with van der Waals surface area (Å²) in [4.78, 5) is 22.8. The molecule has 0 saturated carbocycles. The molecule has 0 spiro atoms. The third kappa shape index (κ3) is 3.70. The highest BCUT2D eigenvalue weighted by Gasteiger charge is 2.33. The smallest absolute Gasteiger partial charge is 0.255 e. The minimum Gasteiger partial charge on any atom is -0.327 e. The molecule has 0 bridgehead atoms. The highest BCUT2D eigenvalue weighted by atomic mass is 35.5. The zero-order valence-corrected chi connectivity index (χ0v) is 15.6. The average molecular weight is 380 g/mol. The first-order chi connectivity index (χ1) is 12.2. The lowest BCUT2D eigenvalue weighted by Crippen LogP contribution is -2.27. The van der Waals surface area contributed by atoms with Gasteiger partial charge in [-0.15, -0.1) is 0 Å². The van der Waals surface area contributed by atoms with Crippen LogP contribution in [-0.4, -0.2) is 26.7 Å². The maximum atomic E-state index is 13.1. The van der Waals surface area contributed by atoms with Crippen molar-refractivity contribution >= 4 is 17.5 Å². The van der Waals surface area contributed by atoms with E-state index >= 15 is 0 Å². The van der Waals surface area contributed by atoms with Gasteiger partial charge in [0.2, 0.25) is 5.92 Å². The predicted molar refractivity (Wildman–Crippen MR) is 95.5 cm³/mol. The number of hydrogen-bond donors (Lipinski definition) is 0. The van der Waals surface area contributed by atoms with Crippen molar-refractivity contribution in [2.75, 3.05) is 0 Å². The number of alkyl halides is 2. The minimum absolute atomic E-state index is 0.0934. The number of aromatic nitrogens is 2. The Morgan fingerprint density at radius 3 is 2.73 bits per heavy atom. The Hall–Kier alpha value is -2.08. The van der Waals surface area contributed by atoms with Crippen LogP contribution in [-0.2, 0) is 13.0 Å². The fourth-order valence-electron chi connectivity index (χ4n) is 3.16. The van der Waals surface area contributed by atoms with Crippen molar-refractivity contribution in [3.8, 4) is 0 Å². The van der Waals surface area contributed by atoms with E-state index in [2.05, 4.69) is 9.97 Å². The monoisotopic (exact) mass is 379 g/mol. The number of halogens is 3. The lowest BCUT2D eigenvalue weighted by atomic mass is 10.0. The number of fused-ring (bicyclic) bond motifs is 1. The maximum Gasteiger partial charge on any atom is 0.255 e. The molecule has 0 aromatic carbocycles. The van der Waals surface area contributed by atoms with Crippen LogP contribution in [0.4, 0.5) is 8.78 Å². The number of amides is 1. The molecule has 0 N–H and O–H groups in total. The van der Waals surface area contributed by atoms with E-state index in [1.54, 1.807) is 17.2 Å². The second-order valence-electron chi connectivity index (χ2n) is 6.84. The molecule has 3 heterocycles. The fraction of sp³-hybridized carbons (Fsp3) is 0.421. The van der Waals surface area contributed by atoms with Crippen molar-refractivity contribution in [2.45, 2.75) is 52.1 Å². The van der Waals surface area contributed by atoms with E-state index in [-0.39, 0.29) is 24.8 Å². The largest absolute Gasteiger partial charge is 0.327 e. The Morgan fingerprint density at radius 1 is 1.38 bits per heavy atom. The molecule has 1 aliphatic heterocycles. The van der Waals surface area contributed by atoms with Gasteiger partial charge in [0.25, 0.3) is 5.91 Å². The summed E-state index contributed by atoms with van der Waals surface area (Å²) >= 11 is 6.10.